The number of halogens is 2. The molecule has 0 bridgehead atoms. The van der Waals surface area contributed by atoms with Crippen LogP contribution in [-0.2, 0) is 10.0 Å². The van der Waals surface area contributed by atoms with Crippen LogP contribution in [0.25, 0.3) is 0 Å². The quantitative estimate of drug-likeness (QED) is 0.670. The highest BCUT2D eigenvalue weighted by molar-refractivity contribution is 14.1. The predicted molar refractivity (Wildman–Crippen MR) is 65.2 cm³/mol. The van der Waals surface area contributed by atoms with Gasteiger partial charge in [0.2, 0.25) is 10.0 Å². The molecule has 1 rings (SSSR count). The van der Waals surface area contributed by atoms with E-state index in [2.05, 4.69) is 27.3 Å². The van der Waals surface area contributed by atoms with Crippen LogP contribution in [0.3, 0.4) is 0 Å². The minimum absolute atomic E-state index is 0.133. The number of benzene rings is 1. The van der Waals surface area contributed by atoms with Gasteiger partial charge in [0, 0.05) is 11.0 Å². The maximum atomic E-state index is 12.8. The van der Waals surface area contributed by atoms with Crippen LogP contribution in [0.2, 0.25) is 0 Å². The highest BCUT2D eigenvalue weighted by Crippen LogP contribution is 2.15. The van der Waals surface area contributed by atoms with Crippen molar-refractivity contribution in [1.82, 2.24) is 4.72 Å². The van der Waals surface area contributed by atoms with E-state index in [4.69, 9.17) is 0 Å². The third-order valence-corrected chi connectivity index (χ3v) is 3.97. The van der Waals surface area contributed by atoms with E-state index in [9.17, 15) is 12.8 Å². The molecule has 0 fully saturated rings. The third kappa shape index (κ3) is 3.39. The summed E-state index contributed by atoms with van der Waals surface area (Å²) in [4.78, 5) is 0.133. The number of hydrogen-bond donors (Lipinski definition) is 1. The summed E-state index contributed by atoms with van der Waals surface area (Å²) in [5.74, 6) is -0.430. The van der Waals surface area contributed by atoms with Gasteiger partial charge in [0.25, 0.3) is 0 Å². The lowest BCUT2D eigenvalue weighted by molar-refractivity contribution is 0.582. The molecule has 0 aliphatic heterocycles. The van der Waals surface area contributed by atoms with E-state index in [1.165, 1.54) is 12.1 Å². The molecule has 0 radical (unpaired) electrons. The molecule has 3 nitrogen and oxygen atoms in total. The van der Waals surface area contributed by atoms with Gasteiger partial charge in [-0.2, -0.15) is 0 Å². The summed E-state index contributed by atoms with van der Waals surface area (Å²) in [7, 11) is -3.49. The zero-order chi connectivity index (χ0) is 11.5. The van der Waals surface area contributed by atoms with Crippen LogP contribution in [0.5, 0.6) is 0 Å². The lowest BCUT2D eigenvalue weighted by Gasteiger charge is -2.07. The molecular weight excluding hydrogens is 332 g/mol. The lowest BCUT2D eigenvalue weighted by atomic mass is 10.2. The van der Waals surface area contributed by atoms with E-state index >= 15 is 0 Å². The number of rotatable bonds is 4. The van der Waals surface area contributed by atoms with E-state index in [-0.39, 0.29) is 4.90 Å². The molecule has 0 heterocycles. The molecule has 1 N–H and O–H groups in total. The summed E-state index contributed by atoms with van der Waals surface area (Å²) in [5.41, 5.74) is 0.413. The van der Waals surface area contributed by atoms with Gasteiger partial charge in [0.1, 0.15) is 5.82 Å². The first-order chi connectivity index (χ1) is 6.97. The fraction of sp³-hybridized carbons (Fsp3) is 0.333. The van der Waals surface area contributed by atoms with Crippen molar-refractivity contribution in [2.24, 2.45) is 0 Å². The molecule has 1 aromatic rings. The molecule has 0 aromatic heterocycles. The topological polar surface area (TPSA) is 46.2 Å². The first-order valence-corrected chi connectivity index (χ1v) is 7.30. The molecule has 15 heavy (non-hydrogen) atoms. The fourth-order valence-corrected chi connectivity index (χ4v) is 3.06. The second kappa shape index (κ2) is 5.22. The molecule has 1 aromatic carbocycles. The van der Waals surface area contributed by atoms with Crippen LogP contribution >= 0.6 is 22.6 Å². The Morgan fingerprint density at radius 1 is 1.47 bits per heavy atom. The Balaban J connectivity index is 3.05. The first kappa shape index (κ1) is 12.9. The molecule has 6 heteroatoms. The van der Waals surface area contributed by atoms with Gasteiger partial charge in [0.05, 0.1) is 4.90 Å². The second-order valence-corrected chi connectivity index (χ2v) is 5.81. The smallest absolute Gasteiger partial charge is 0.210 e. The molecule has 0 atom stereocenters. The van der Waals surface area contributed by atoms with Crippen LogP contribution in [0.1, 0.15) is 5.56 Å². The molecule has 0 saturated heterocycles. The number of sulfonamides is 1. The highest BCUT2D eigenvalue weighted by Gasteiger charge is 2.15. The van der Waals surface area contributed by atoms with Crippen LogP contribution in [0.15, 0.2) is 23.1 Å². The van der Waals surface area contributed by atoms with Crippen molar-refractivity contribution in [3.8, 4) is 0 Å². The fourth-order valence-electron chi connectivity index (χ4n) is 1.17. The Kier molecular flexibility index (Phi) is 4.47. The van der Waals surface area contributed by atoms with Crippen molar-refractivity contribution < 1.29 is 12.8 Å². The van der Waals surface area contributed by atoms with Crippen LogP contribution in [0.4, 0.5) is 4.39 Å². The monoisotopic (exact) mass is 343 g/mol. The normalized spacial score (nSPS) is 11.7. The average Bonchev–Trinajstić information content (AvgIpc) is 2.14. The predicted octanol–water partition coefficient (Wildman–Crippen LogP) is 1.85. The van der Waals surface area contributed by atoms with Crippen molar-refractivity contribution in [3.05, 3.63) is 29.6 Å². The molecule has 0 aliphatic rings. The number of hydrogen-bond acceptors (Lipinski definition) is 2. The molecule has 0 saturated carbocycles. The number of alkyl halides is 1. The summed E-state index contributed by atoms with van der Waals surface area (Å²) in [6, 6.07) is 3.63. The van der Waals surface area contributed by atoms with E-state index in [1.54, 1.807) is 6.92 Å². The van der Waals surface area contributed by atoms with Gasteiger partial charge < -0.3 is 0 Å². The molecule has 0 unspecified atom stereocenters. The minimum atomic E-state index is -3.49. The van der Waals surface area contributed by atoms with Crippen molar-refractivity contribution in [1.29, 1.82) is 0 Å². The number of nitrogens with one attached hydrogen (secondary N) is 1. The van der Waals surface area contributed by atoms with Crippen LogP contribution in [-0.4, -0.2) is 19.4 Å². The Labute approximate surface area is 102 Å². The van der Waals surface area contributed by atoms with Gasteiger partial charge in [-0.1, -0.05) is 22.6 Å². The summed E-state index contributed by atoms with van der Waals surface area (Å²) >= 11 is 2.07. The third-order valence-electron chi connectivity index (χ3n) is 1.81. The van der Waals surface area contributed by atoms with Gasteiger partial charge in [-0.15, -0.1) is 0 Å². The second-order valence-electron chi connectivity index (χ2n) is 3.00. The van der Waals surface area contributed by atoms with Gasteiger partial charge in [-0.05, 0) is 30.7 Å². The minimum Gasteiger partial charge on any atom is -0.210 e. The zero-order valence-electron chi connectivity index (χ0n) is 8.13. The van der Waals surface area contributed by atoms with Crippen molar-refractivity contribution >= 4 is 32.6 Å². The van der Waals surface area contributed by atoms with Gasteiger partial charge in [-0.25, -0.2) is 17.5 Å². The standard InChI is InChI=1S/C9H11FINO2S/c1-7-6-8(10)2-3-9(7)15(13,14)12-5-4-11/h2-3,6,12H,4-5H2,1H3. The average molecular weight is 343 g/mol. The molecule has 0 aliphatic carbocycles. The SMILES string of the molecule is Cc1cc(F)ccc1S(=O)(=O)NCCI. The highest BCUT2D eigenvalue weighted by atomic mass is 127. The van der Waals surface area contributed by atoms with Crippen LogP contribution in [0, 0.1) is 12.7 Å². The Bertz CT molecular complexity index is 447. The number of aryl methyl sites for hydroxylation is 1. The maximum Gasteiger partial charge on any atom is 0.240 e. The molecule has 84 valence electrons. The van der Waals surface area contributed by atoms with Crippen molar-refractivity contribution in [3.63, 3.8) is 0 Å². The Morgan fingerprint density at radius 3 is 2.67 bits per heavy atom. The Morgan fingerprint density at radius 2 is 2.13 bits per heavy atom. The molecule has 0 amide bonds. The van der Waals surface area contributed by atoms with E-state index in [0.717, 1.165) is 6.07 Å². The molecule has 0 spiro atoms. The van der Waals surface area contributed by atoms with E-state index in [1.807, 2.05) is 0 Å². The van der Waals surface area contributed by atoms with E-state index < -0.39 is 15.8 Å². The van der Waals surface area contributed by atoms with Crippen molar-refractivity contribution in [2.75, 3.05) is 11.0 Å². The maximum absolute atomic E-state index is 12.8. The van der Waals surface area contributed by atoms with Crippen molar-refractivity contribution in [2.45, 2.75) is 11.8 Å². The van der Waals surface area contributed by atoms with Crippen LogP contribution < -0.4 is 4.72 Å². The summed E-state index contributed by atoms with van der Waals surface area (Å²) < 4.78 is 39.3. The Hall–Kier alpha value is -0.210. The van der Waals surface area contributed by atoms with Gasteiger partial charge >= 0.3 is 0 Å². The summed E-state index contributed by atoms with van der Waals surface area (Å²) in [6.45, 7) is 1.95. The van der Waals surface area contributed by atoms with E-state index in [0.29, 0.717) is 16.5 Å². The zero-order valence-corrected chi connectivity index (χ0v) is 11.1. The summed E-state index contributed by atoms with van der Waals surface area (Å²) in [5, 5.41) is 0. The van der Waals surface area contributed by atoms with Gasteiger partial charge in [0.15, 0.2) is 0 Å². The first-order valence-electron chi connectivity index (χ1n) is 4.29. The molecular formula is C9H11FINO2S. The lowest BCUT2D eigenvalue weighted by Crippen LogP contribution is -2.26. The summed E-state index contributed by atoms with van der Waals surface area (Å²) in [6.07, 6.45) is 0. The van der Waals surface area contributed by atoms with Gasteiger partial charge in [-0.3, -0.25) is 0 Å². The largest absolute Gasteiger partial charge is 0.240 e.